The summed E-state index contributed by atoms with van der Waals surface area (Å²) in [5.74, 6) is 0.701. The molecule has 2 nitrogen and oxygen atoms in total. The van der Waals surface area contributed by atoms with E-state index < -0.39 is 0 Å². The number of hydrogen-bond acceptors (Lipinski definition) is 2. The normalized spacial score (nSPS) is 12.9. The smallest absolute Gasteiger partial charge is 0.160 e. The van der Waals surface area contributed by atoms with Crippen molar-refractivity contribution in [2.45, 2.75) is 19.3 Å². The van der Waals surface area contributed by atoms with Crippen LogP contribution in [0.15, 0.2) is 182 Å². The molecule has 250 valence electrons. The number of rotatable bonds is 5. The van der Waals surface area contributed by atoms with Gasteiger partial charge in [0.05, 0.1) is 11.4 Å². The minimum absolute atomic E-state index is 0.0500. The number of aromatic nitrogens is 2. The molecule has 0 atom stereocenters. The average Bonchev–Trinajstić information content (AvgIpc) is 3.45. The Morgan fingerprint density at radius 3 is 1.55 bits per heavy atom. The van der Waals surface area contributed by atoms with Gasteiger partial charge in [-0.05, 0) is 109 Å². The van der Waals surface area contributed by atoms with Gasteiger partial charge in [-0.15, -0.1) is 0 Å². The molecule has 1 aromatic heterocycles. The van der Waals surface area contributed by atoms with Crippen LogP contribution >= 0.6 is 0 Å². The van der Waals surface area contributed by atoms with Crippen molar-refractivity contribution in [3.8, 4) is 67.3 Å². The number of fused-ring (bicyclic) bond motifs is 6. The first-order chi connectivity index (χ1) is 26.0. The summed E-state index contributed by atoms with van der Waals surface area (Å²) in [5.41, 5.74) is 14.9. The van der Waals surface area contributed by atoms with E-state index >= 15 is 0 Å². The van der Waals surface area contributed by atoms with Crippen molar-refractivity contribution >= 4 is 21.5 Å². The van der Waals surface area contributed by atoms with Crippen molar-refractivity contribution < 1.29 is 0 Å². The molecular formula is C51H36N2. The van der Waals surface area contributed by atoms with Crippen molar-refractivity contribution in [1.29, 1.82) is 0 Å². The highest BCUT2D eigenvalue weighted by molar-refractivity contribution is 6.10. The second-order valence-electron chi connectivity index (χ2n) is 14.7. The van der Waals surface area contributed by atoms with Crippen LogP contribution in [0.2, 0.25) is 0 Å². The molecule has 0 N–H and O–H groups in total. The van der Waals surface area contributed by atoms with Crippen LogP contribution in [0.4, 0.5) is 0 Å². The third kappa shape index (κ3) is 5.34. The van der Waals surface area contributed by atoms with E-state index in [2.05, 4.69) is 190 Å². The fourth-order valence-corrected chi connectivity index (χ4v) is 8.25. The summed E-state index contributed by atoms with van der Waals surface area (Å²) in [7, 11) is 0. The van der Waals surface area contributed by atoms with Crippen LogP contribution in [-0.4, -0.2) is 9.97 Å². The van der Waals surface area contributed by atoms with E-state index in [0.29, 0.717) is 5.82 Å². The first-order valence-electron chi connectivity index (χ1n) is 18.3. The lowest BCUT2D eigenvalue weighted by Crippen LogP contribution is -2.14. The Balaban J connectivity index is 1.14. The first-order valence-corrected chi connectivity index (χ1v) is 18.3. The third-order valence-electron chi connectivity index (χ3n) is 11.0. The molecule has 0 fully saturated rings. The lowest BCUT2D eigenvalue weighted by Gasteiger charge is -2.22. The van der Waals surface area contributed by atoms with E-state index in [0.717, 1.165) is 50.3 Å². The van der Waals surface area contributed by atoms with Gasteiger partial charge < -0.3 is 0 Å². The molecule has 0 saturated heterocycles. The molecule has 0 bridgehead atoms. The molecule has 1 aliphatic rings. The van der Waals surface area contributed by atoms with E-state index in [1.165, 1.54) is 43.8 Å². The second kappa shape index (κ2) is 12.3. The molecule has 1 aliphatic carbocycles. The van der Waals surface area contributed by atoms with E-state index in [9.17, 15) is 0 Å². The summed E-state index contributed by atoms with van der Waals surface area (Å²) in [6.07, 6.45) is 0. The zero-order chi connectivity index (χ0) is 35.5. The maximum Gasteiger partial charge on any atom is 0.160 e. The highest BCUT2D eigenvalue weighted by Gasteiger charge is 2.35. The molecule has 1 heterocycles. The van der Waals surface area contributed by atoms with Crippen LogP contribution in [0.1, 0.15) is 25.0 Å². The van der Waals surface area contributed by atoms with Gasteiger partial charge in [-0.1, -0.05) is 153 Å². The van der Waals surface area contributed by atoms with Crippen molar-refractivity contribution in [2.24, 2.45) is 0 Å². The third-order valence-corrected chi connectivity index (χ3v) is 11.0. The van der Waals surface area contributed by atoms with Crippen LogP contribution in [0.5, 0.6) is 0 Å². The molecule has 0 saturated carbocycles. The van der Waals surface area contributed by atoms with Gasteiger partial charge in [0.1, 0.15) is 0 Å². The van der Waals surface area contributed by atoms with Gasteiger partial charge in [-0.25, -0.2) is 9.97 Å². The number of nitrogens with zero attached hydrogens (tertiary/aromatic N) is 2. The van der Waals surface area contributed by atoms with Gasteiger partial charge in [-0.3, -0.25) is 0 Å². The Hall–Kier alpha value is -6.64. The molecule has 9 aromatic rings. The first kappa shape index (κ1) is 31.1. The number of benzene rings is 8. The Kier molecular flexibility index (Phi) is 7.19. The highest BCUT2D eigenvalue weighted by Crippen LogP contribution is 2.50. The fourth-order valence-electron chi connectivity index (χ4n) is 8.25. The van der Waals surface area contributed by atoms with Crippen molar-refractivity contribution in [1.82, 2.24) is 9.97 Å². The van der Waals surface area contributed by atoms with Crippen LogP contribution in [0, 0.1) is 0 Å². The average molecular weight is 677 g/mol. The monoisotopic (exact) mass is 676 g/mol. The SMILES string of the molecule is CC1(C)c2ccccc2-c2cc3ccc4cc(-c5cc(-c6ccccc6)nc(-c6cc(-c7ccccc7)cc(-c7ccccc7)c6)n5)ccc4c3cc21. The fraction of sp³-hybridized carbons (Fsp3) is 0.0588. The molecule has 0 amide bonds. The predicted molar refractivity (Wildman–Crippen MR) is 222 cm³/mol. The molecule has 0 aliphatic heterocycles. The summed E-state index contributed by atoms with van der Waals surface area (Å²) in [4.78, 5) is 10.5. The summed E-state index contributed by atoms with van der Waals surface area (Å²) in [6, 6.07) is 65.4. The van der Waals surface area contributed by atoms with Crippen molar-refractivity contribution in [3.63, 3.8) is 0 Å². The molecule has 10 rings (SSSR count). The molecule has 53 heavy (non-hydrogen) atoms. The Morgan fingerprint density at radius 2 is 0.887 bits per heavy atom. The van der Waals surface area contributed by atoms with Crippen LogP contribution in [0.25, 0.3) is 88.8 Å². The van der Waals surface area contributed by atoms with Crippen molar-refractivity contribution in [3.05, 3.63) is 193 Å². The summed E-state index contributed by atoms with van der Waals surface area (Å²) in [5, 5.41) is 5.00. The minimum Gasteiger partial charge on any atom is -0.228 e. The summed E-state index contributed by atoms with van der Waals surface area (Å²) in [6.45, 7) is 4.70. The van der Waals surface area contributed by atoms with Gasteiger partial charge in [-0.2, -0.15) is 0 Å². The second-order valence-corrected chi connectivity index (χ2v) is 14.7. The van der Waals surface area contributed by atoms with Crippen LogP contribution in [0.3, 0.4) is 0 Å². The zero-order valence-corrected chi connectivity index (χ0v) is 29.7. The molecule has 0 spiro atoms. The zero-order valence-electron chi connectivity index (χ0n) is 29.7. The van der Waals surface area contributed by atoms with Crippen LogP contribution < -0.4 is 0 Å². The van der Waals surface area contributed by atoms with Gasteiger partial charge in [0.15, 0.2) is 5.82 Å². The quantitative estimate of drug-likeness (QED) is 0.170. The van der Waals surface area contributed by atoms with E-state index in [4.69, 9.17) is 9.97 Å². The van der Waals surface area contributed by atoms with Gasteiger partial charge >= 0.3 is 0 Å². The molecule has 0 unspecified atom stereocenters. The number of hydrogen-bond donors (Lipinski definition) is 0. The molecule has 0 radical (unpaired) electrons. The topological polar surface area (TPSA) is 25.8 Å². The molecule has 8 aromatic carbocycles. The van der Waals surface area contributed by atoms with E-state index in [1.807, 2.05) is 6.07 Å². The lowest BCUT2D eigenvalue weighted by atomic mass is 9.81. The van der Waals surface area contributed by atoms with Crippen LogP contribution in [-0.2, 0) is 5.41 Å². The highest BCUT2D eigenvalue weighted by atomic mass is 14.9. The molecule has 2 heteroatoms. The Labute approximate surface area is 310 Å². The lowest BCUT2D eigenvalue weighted by molar-refractivity contribution is 0.661. The maximum absolute atomic E-state index is 5.32. The predicted octanol–water partition coefficient (Wildman–Crippen LogP) is 13.4. The Morgan fingerprint density at radius 1 is 0.340 bits per heavy atom. The Bertz CT molecular complexity index is 2780. The van der Waals surface area contributed by atoms with E-state index in [1.54, 1.807) is 0 Å². The standard InChI is InChI=1S/C51H36N2/c1-51(2)46-21-13-12-20-43(46)45-30-37-23-22-36-26-38(24-25-42(36)44(37)31-47(45)51)49-32-48(35-18-10-5-11-19-35)52-50(53-49)41-28-39(33-14-6-3-7-15-33)27-40(29-41)34-16-8-4-9-17-34/h3-32H,1-2H3. The van der Waals surface area contributed by atoms with Gasteiger partial charge in [0, 0.05) is 22.1 Å². The maximum atomic E-state index is 5.32. The summed E-state index contributed by atoms with van der Waals surface area (Å²) >= 11 is 0. The summed E-state index contributed by atoms with van der Waals surface area (Å²) < 4.78 is 0. The van der Waals surface area contributed by atoms with Gasteiger partial charge in [0.2, 0.25) is 0 Å². The molecular weight excluding hydrogens is 641 g/mol. The largest absolute Gasteiger partial charge is 0.228 e. The van der Waals surface area contributed by atoms with Gasteiger partial charge in [0.25, 0.3) is 0 Å². The van der Waals surface area contributed by atoms with Crippen molar-refractivity contribution in [2.75, 3.05) is 0 Å². The van der Waals surface area contributed by atoms with E-state index in [-0.39, 0.29) is 5.41 Å². The minimum atomic E-state index is -0.0500.